The predicted molar refractivity (Wildman–Crippen MR) is 128 cm³/mol. The summed E-state index contributed by atoms with van der Waals surface area (Å²) in [4.78, 5) is 30.8. The third kappa shape index (κ3) is 5.38. The highest BCUT2D eigenvalue weighted by Crippen LogP contribution is 2.32. The third-order valence-corrected chi connectivity index (χ3v) is 6.21. The average molecular weight is 471 g/mol. The number of hydrogen-bond acceptors (Lipinski definition) is 6. The van der Waals surface area contributed by atoms with Gasteiger partial charge in [0.15, 0.2) is 12.2 Å². The summed E-state index contributed by atoms with van der Waals surface area (Å²) in [7, 11) is 0. The molecule has 3 N–H and O–H groups in total. The molecule has 4 rings (SSSR count). The first-order valence-electron chi connectivity index (χ1n) is 11.4. The number of likely N-dealkylation sites (tertiary alicyclic amines) is 1. The van der Waals surface area contributed by atoms with Gasteiger partial charge in [-0.25, -0.2) is 0 Å². The number of pyridine rings is 1. The van der Waals surface area contributed by atoms with Crippen LogP contribution in [0.2, 0.25) is 0 Å². The van der Waals surface area contributed by atoms with Crippen LogP contribution in [0.1, 0.15) is 35.6 Å². The van der Waals surface area contributed by atoms with Crippen LogP contribution in [0.4, 0.5) is 0 Å². The summed E-state index contributed by atoms with van der Waals surface area (Å²) in [5.41, 5.74) is 3.76. The number of benzene rings is 2. The number of carbonyl (C=O) groups excluding carboxylic acids is 2. The van der Waals surface area contributed by atoms with E-state index in [-0.39, 0.29) is 12.6 Å². The van der Waals surface area contributed by atoms with Gasteiger partial charge in [0.1, 0.15) is 6.07 Å². The number of nitrogens with one attached hydrogen (secondary N) is 1. The van der Waals surface area contributed by atoms with Crippen molar-refractivity contribution < 1.29 is 19.8 Å². The quantitative estimate of drug-likeness (QED) is 0.487. The Bertz CT molecular complexity index is 1220. The Labute approximate surface area is 203 Å². The summed E-state index contributed by atoms with van der Waals surface area (Å²) in [5.74, 6) is -1.49. The first-order chi connectivity index (χ1) is 17.0. The van der Waals surface area contributed by atoms with Gasteiger partial charge in [0.25, 0.3) is 11.8 Å². The molecule has 0 aliphatic carbocycles. The SMILES string of the molecule is N#Cc1cnccc1-c1ccc(CNC(=O)[C@H](O)[C@@H](O)C(=O)N2CCCC2c2ccccc2)cc1. The zero-order chi connectivity index (χ0) is 24.8. The Morgan fingerprint density at radius 2 is 1.83 bits per heavy atom. The smallest absolute Gasteiger partial charge is 0.255 e. The minimum atomic E-state index is -1.88. The lowest BCUT2D eigenvalue weighted by molar-refractivity contribution is -0.153. The average Bonchev–Trinajstić information content (AvgIpc) is 3.41. The number of aliphatic hydroxyl groups excluding tert-OH is 2. The second-order valence-corrected chi connectivity index (χ2v) is 8.44. The van der Waals surface area contributed by atoms with E-state index in [1.54, 1.807) is 24.4 Å². The van der Waals surface area contributed by atoms with Gasteiger partial charge in [-0.15, -0.1) is 0 Å². The fraction of sp³-hybridized carbons (Fsp3) is 0.259. The molecule has 1 unspecified atom stereocenters. The number of carbonyl (C=O) groups is 2. The third-order valence-electron chi connectivity index (χ3n) is 6.21. The molecule has 2 aromatic carbocycles. The van der Waals surface area contributed by atoms with E-state index in [9.17, 15) is 25.1 Å². The van der Waals surface area contributed by atoms with Gasteiger partial charge in [0.2, 0.25) is 0 Å². The lowest BCUT2D eigenvalue weighted by Crippen LogP contribution is -2.50. The maximum atomic E-state index is 12.9. The van der Waals surface area contributed by atoms with Gasteiger partial charge in [0, 0.05) is 31.0 Å². The zero-order valence-corrected chi connectivity index (χ0v) is 19.0. The van der Waals surface area contributed by atoms with Gasteiger partial charge in [-0.3, -0.25) is 14.6 Å². The fourth-order valence-corrected chi connectivity index (χ4v) is 4.33. The van der Waals surface area contributed by atoms with E-state index in [1.807, 2.05) is 42.5 Å². The number of nitriles is 1. The zero-order valence-electron chi connectivity index (χ0n) is 19.0. The van der Waals surface area contributed by atoms with Gasteiger partial charge in [-0.05, 0) is 35.6 Å². The molecule has 0 spiro atoms. The number of aliphatic hydroxyl groups is 2. The Morgan fingerprint density at radius 1 is 1.09 bits per heavy atom. The van der Waals surface area contributed by atoms with E-state index in [1.165, 1.54) is 11.1 Å². The second kappa shape index (κ2) is 10.9. The first kappa shape index (κ1) is 24.1. The van der Waals surface area contributed by atoms with Gasteiger partial charge >= 0.3 is 0 Å². The molecule has 0 saturated carbocycles. The highest BCUT2D eigenvalue weighted by molar-refractivity contribution is 5.91. The van der Waals surface area contributed by atoms with Crippen LogP contribution in [0, 0.1) is 11.3 Å². The Balaban J connectivity index is 1.35. The molecule has 0 bridgehead atoms. The van der Waals surface area contributed by atoms with Crippen LogP contribution in [0.5, 0.6) is 0 Å². The molecule has 8 nitrogen and oxygen atoms in total. The van der Waals surface area contributed by atoms with Crippen molar-refractivity contribution in [2.24, 2.45) is 0 Å². The summed E-state index contributed by atoms with van der Waals surface area (Å²) in [5, 5.41) is 32.6. The van der Waals surface area contributed by atoms with E-state index in [0.29, 0.717) is 12.1 Å². The van der Waals surface area contributed by atoms with Crippen molar-refractivity contribution in [2.75, 3.05) is 6.54 Å². The largest absolute Gasteiger partial charge is 0.380 e. The fourth-order valence-electron chi connectivity index (χ4n) is 4.33. The van der Waals surface area contributed by atoms with Crippen LogP contribution in [0.25, 0.3) is 11.1 Å². The van der Waals surface area contributed by atoms with Crippen molar-refractivity contribution in [3.05, 3.63) is 89.7 Å². The molecule has 1 aliphatic rings. The minimum Gasteiger partial charge on any atom is -0.380 e. The van der Waals surface area contributed by atoms with E-state index in [4.69, 9.17) is 0 Å². The Kier molecular flexibility index (Phi) is 7.51. The molecule has 2 amide bonds. The molecule has 1 aliphatic heterocycles. The number of rotatable bonds is 7. The standard InChI is InChI=1S/C27H26N4O4/c28-15-21-17-29-13-12-22(21)19-10-8-18(9-11-19)16-30-26(34)24(32)25(33)27(35)31-14-4-7-23(31)20-5-2-1-3-6-20/h1-3,5-6,8-13,17,23-25,32-33H,4,7,14,16H2,(H,30,34)/t23?,24-,25-/m1/s1. The Morgan fingerprint density at radius 3 is 2.54 bits per heavy atom. The molecule has 35 heavy (non-hydrogen) atoms. The van der Waals surface area contributed by atoms with Crippen LogP contribution in [0.3, 0.4) is 0 Å². The first-order valence-corrected chi connectivity index (χ1v) is 11.4. The summed E-state index contributed by atoms with van der Waals surface area (Å²) in [6.45, 7) is 0.566. The lowest BCUT2D eigenvalue weighted by atomic mass is 10.0. The summed E-state index contributed by atoms with van der Waals surface area (Å²) in [6.07, 6.45) is 0.929. The molecule has 8 heteroatoms. The normalized spacial score (nSPS) is 16.8. The van der Waals surface area contributed by atoms with Crippen molar-refractivity contribution >= 4 is 11.8 Å². The van der Waals surface area contributed by atoms with E-state index in [2.05, 4.69) is 16.4 Å². The van der Waals surface area contributed by atoms with Crippen molar-refractivity contribution in [3.63, 3.8) is 0 Å². The van der Waals surface area contributed by atoms with Crippen LogP contribution >= 0.6 is 0 Å². The molecular weight excluding hydrogens is 444 g/mol. The van der Waals surface area contributed by atoms with Crippen LogP contribution in [-0.2, 0) is 16.1 Å². The summed E-state index contributed by atoms with van der Waals surface area (Å²) in [6, 6.07) is 20.4. The van der Waals surface area contributed by atoms with Crippen molar-refractivity contribution in [3.8, 4) is 17.2 Å². The molecule has 1 saturated heterocycles. The molecule has 2 heterocycles. The molecule has 3 atom stereocenters. The van der Waals surface area contributed by atoms with Crippen LogP contribution < -0.4 is 5.32 Å². The lowest BCUT2D eigenvalue weighted by Gasteiger charge is -2.28. The van der Waals surface area contributed by atoms with E-state index >= 15 is 0 Å². The molecule has 1 fully saturated rings. The van der Waals surface area contributed by atoms with Crippen molar-refractivity contribution in [2.45, 2.75) is 37.6 Å². The number of amides is 2. The number of hydrogen-bond donors (Lipinski definition) is 3. The van der Waals surface area contributed by atoms with Gasteiger partial charge < -0.3 is 20.4 Å². The topological polar surface area (TPSA) is 127 Å². The molecular formula is C27H26N4O4. The molecule has 1 aromatic heterocycles. The van der Waals surface area contributed by atoms with E-state index in [0.717, 1.165) is 35.1 Å². The highest BCUT2D eigenvalue weighted by Gasteiger charge is 2.38. The molecule has 0 radical (unpaired) electrons. The van der Waals surface area contributed by atoms with Crippen molar-refractivity contribution in [1.29, 1.82) is 5.26 Å². The predicted octanol–water partition coefficient (Wildman–Crippen LogP) is 2.32. The number of aromatic nitrogens is 1. The van der Waals surface area contributed by atoms with Crippen molar-refractivity contribution in [1.82, 2.24) is 15.2 Å². The summed E-state index contributed by atoms with van der Waals surface area (Å²) < 4.78 is 0. The number of nitrogens with zero attached hydrogens (tertiary/aromatic N) is 3. The van der Waals surface area contributed by atoms with Gasteiger partial charge in [-0.1, -0.05) is 54.6 Å². The maximum Gasteiger partial charge on any atom is 0.255 e. The van der Waals surface area contributed by atoms with Crippen LogP contribution in [0.15, 0.2) is 73.1 Å². The van der Waals surface area contributed by atoms with Gasteiger partial charge in [-0.2, -0.15) is 5.26 Å². The summed E-state index contributed by atoms with van der Waals surface area (Å²) >= 11 is 0. The van der Waals surface area contributed by atoms with E-state index < -0.39 is 24.0 Å². The highest BCUT2D eigenvalue weighted by atomic mass is 16.3. The second-order valence-electron chi connectivity index (χ2n) is 8.44. The molecule has 3 aromatic rings. The molecule has 178 valence electrons. The Hall–Kier alpha value is -4.06. The maximum absolute atomic E-state index is 12.9. The minimum absolute atomic E-state index is 0.106. The van der Waals surface area contributed by atoms with Gasteiger partial charge in [0.05, 0.1) is 11.6 Å². The van der Waals surface area contributed by atoms with Crippen LogP contribution in [-0.4, -0.2) is 50.7 Å². The monoisotopic (exact) mass is 470 g/mol.